The molecule has 1 saturated heterocycles. The van der Waals surface area contributed by atoms with Crippen LogP contribution >= 0.6 is 0 Å². The summed E-state index contributed by atoms with van der Waals surface area (Å²) in [5.74, 6) is 0.860. The van der Waals surface area contributed by atoms with Crippen LogP contribution in [0.2, 0.25) is 0 Å². The summed E-state index contributed by atoms with van der Waals surface area (Å²) in [4.78, 5) is 38.2. The molecule has 7 heteroatoms. The van der Waals surface area contributed by atoms with Crippen molar-refractivity contribution in [2.24, 2.45) is 11.8 Å². The summed E-state index contributed by atoms with van der Waals surface area (Å²) < 4.78 is 10.4. The zero-order valence-electron chi connectivity index (χ0n) is 17.0. The second kappa shape index (κ2) is 10.3. The number of amides is 2. The summed E-state index contributed by atoms with van der Waals surface area (Å²) in [6.45, 7) is 3.41. The molecule has 1 aromatic carbocycles. The Morgan fingerprint density at radius 3 is 2.52 bits per heavy atom. The number of likely N-dealkylation sites (tertiary alicyclic amines) is 1. The maximum atomic E-state index is 12.4. The third kappa shape index (κ3) is 5.95. The van der Waals surface area contributed by atoms with Crippen molar-refractivity contribution < 1.29 is 23.9 Å². The lowest BCUT2D eigenvalue weighted by atomic mass is 9.75. The molecule has 1 N–H and O–H groups in total. The Hall–Kier alpha value is -2.57. The number of carbonyl (C=O) groups is 3. The van der Waals surface area contributed by atoms with Gasteiger partial charge in [-0.05, 0) is 55.9 Å². The summed E-state index contributed by atoms with van der Waals surface area (Å²) in [7, 11) is 0. The van der Waals surface area contributed by atoms with Crippen molar-refractivity contribution >= 4 is 17.8 Å². The molecule has 0 radical (unpaired) electrons. The van der Waals surface area contributed by atoms with Crippen molar-refractivity contribution in [2.45, 2.75) is 39.0 Å². The largest absolute Gasteiger partial charge is 0.494 e. The molecule has 2 fully saturated rings. The van der Waals surface area contributed by atoms with E-state index in [1.54, 1.807) is 24.3 Å². The Kier molecular flexibility index (Phi) is 7.49. The Balaban J connectivity index is 1.37. The van der Waals surface area contributed by atoms with Gasteiger partial charge in [-0.2, -0.15) is 0 Å². The van der Waals surface area contributed by atoms with Crippen LogP contribution in [0.4, 0.5) is 0 Å². The van der Waals surface area contributed by atoms with Crippen LogP contribution in [0.5, 0.6) is 5.75 Å². The second-order valence-corrected chi connectivity index (χ2v) is 7.73. The first-order valence-electron chi connectivity index (χ1n) is 10.5. The molecule has 3 rings (SSSR count). The van der Waals surface area contributed by atoms with Gasteiger partial charge in [-0.1, -0.05) is 19.3 Å². The molecule has 0 unspecified atom stereocenters. The maximum absolute atomic E-state index is 12.4. The lowest BCUT2D eigenvalue weighted by molar-refractivity contribution is -0.152. The summed E-state index contributed by atoms with van der Waals surface area (Å²) in [6, 6.07) is 6.66. The Labute approximate surface area is 171 Å². The van der Waals surface area contributed by atoms with E-state index in [1.165, 1.54) is 25.7 Å². The van der Waals surface area contributed by atoms with Gasteiger partial charge in [0.1, 0.15) is 12.3 Å². The topological polar surface area (TPSA) is 84.9 Å². The van der Waals surface area contributed by atoms with Gasteiger partial charge in [0, 0.05) is 18.7 Å². The molecule has 1 aliphatic carbocycles. The third-order valence-corrected chi connectivity index (χ3v) is 5.82. The summed E-state index contributed by atoms with van der Waals surface area (Å²) in [5.41, 5.74) is 0.424. The fraction of sp³-hybridized carbons (Fsp3) is 0.591. The number of rotatable bonds is 7. The van der Waals surface area contributed by atoms with E-state index in [1.807, 2.05) is 11.8 Å². The molecular formula is C22H30N2O5. The molecule has 1 aliphatic heterocycles. The van der Waals surface area contributed by atoms with E-state index in [0.29, 0.717) is 23.8 Å². The lowest BCUT2D eigenvalue weighted by Crippen LogP contribution is -2.46. The number of ether oxygens (including phenoxy) is 2. The minimum Gasteiger partial charge on any atom is -0.494 e. The number of benzene rings is 1. The monoisotopic (exact) mass is 402 g/mol. The molecule has 2 amide bonds. The first-order chi connectivity index (χ1) is 14.1. The molecule has 1 aromatic rings. The SMILES string of the molecule is CCOc1ccc(C(=O)NCC(=O)OCC(=O)N2CC[C@@H]3CCCC[C@H]3C2)cc1. The highest BCUT2D eigenvalue weighted by molar-refractivity contribution is 5.96. The number of hydrogen-bond donors (Lipinski definition) is 1. The molecule has 158 valence electrons. The van der Waals surface area contributed by atoms with Crippen LogP contribution in [0.25, 0.3) is 0 Å². The van der Waals surface area contributed by atoms with Gasteiger partial charge in [0.2, 0.25) is 0 Å². The first kappa shape index (κ1) is 21.1. The minimum absolute atomic E-state index is 0.153. The molecule has 29 heavy (non-hydrogen) atoms. The maximum Gasteiger partial charge on any atom is 0.325 e. The number of nitrogens with one attached hydrogen (secondary N) is 1. The fourth-order valence-electron chi connectivity index (χ4n) is 4.24. The Bertz CT molecular complexity index is 718. The number of piperidine rings is 1. The van der Waals surface area contributed by atoms with Crippen LogP contribution in [0, 0.1) is 11.8 Å². The number of esters is 1. The van der Waals surface area contributed by atoms with Gasteiger partial charge in [0.05, 0.1) is 6.61 Å². The molecule has 2 atom stereocenters. The standard InChI is InChI=1S/C22H30N2O5/c1-2-28-19-9-7-17(8-10-19)22(27)23-13-21(26)29-15-20(25)24-12-11-16-5-3-4-6-18(16)14-24/h7-10,16,18H,2-6,11-15H2,1H3,(H,23,27)/t16-,18-/m0/s1. The van der Waals surface area contributed by atoms with Crippen molar-refractivity contribution in [3.05, 3.63) is 29.8 Å². The van der Waals surface area contributed by atoms with Gasteiger partial charge in [-0.3, -0.25) is 14.4 Å². The molecule has 1 heterocycles. The van der Waals surface area contributed by atoms with Crippen molar-refractivity contribution in [3.8, 4) is 5.75 Å². The smallest absolute Gasteiger partial charge is 0.325 e. The average molecular weight is 402 g/mol. The number of fused-ring (bicyclic) bond motifs is 1. The Morgan fingerprint density at radius 2 is 1.79 bits per heavy atom. The van der Waals surface area contributed by atoms with Gasteiger partial charge in [-0.25, -0.2) is 0 Å². The van der Waals surface area contributed by atoms with Crippen LogP contribution in [0.1, 0.15) is 49.4 Å². The van der Waals surface area contributed by atoms with Gasteiger partial charge >= 0.3 is 5.97 Å². The minimum atomic E-state index is -0.620. The molecule has 0 spiro atoms. The predicted molar refractivity (Wildman–Crippen MR) is 108 cm³/mol. The zero-order chi connectivity index (χ0) is 20.6. The molecule has 2 aliphatic rings. The third-order valence-electron chi connectivity index (χ3n) is 5.82. The summed E-state index contributed by atoms with van der Waals surface area (Å²) in [5, 5.41) is 2.51. The molecule has 7 nitrogen and oxygen atoms in total. The number of hydrogen-bond acceptors (Lipinski definition) is 5. The lowest BCUT2D eigenvalue weighted by Gasteiger charge is -2.41. The van der Waals surface area contributed by atoms with E-state index < -0.39 is 5.97 Å². The Morgan fingerprint density at radius 1 is 1.07 bits per heavy atom. The van der Waals surface area contributed by atoms with E-state index in [4.69, 9.17) is 9.47 Å². The fourth-order valence-corrected chi connectivity index (χ4v) is 4.24. The average Bonchev–Trinajstić information content (AvgIpc) is 2.76. The van der Waals surface area contributed by atoms with Gasteiger partial charge < -0.3 is 19.7 Å². The van der Waals surface area contributed by atoms with Crippen molar-refractivity contribution in [2.75, 3.05) is 32.8 Å². The number of carbonyl (C=O) groups excluding carboxylic acids is 3. The highest BCUT2D eigenvalue weighted by Crippen LogP contribution is 2.35. The molecule has 0 aromatic heterocycles. The molecule has 1 saturated carbocycles. The normalized spacial score (nSPS) is 21.1. The van der Waals surface area contributed by atoms with E-state index in [-0.39, 0.29) is 25.0 Å². The van der Waals surface area contributed by atoms with Crippen LogP contribution < -0.4 is 10.1 Å². The van der Waals surface area contributed by atoms with E-state index in [9.17, 15) is 14.4 Å². The molecular weight excluding hydrogens is 372 g/mol. The van der Waals surface area contributed by atoms with Crippen LogP contribution in [0.3, 0.4) is 0 Å². The summed E-state index contributed by atoms with van der Waals surface area (Å²) in [6.07, 6.45) is 6.05. The zero-order valence-corrected chi connectivity index (χ0v) is 17.0. The van der Waals surface area contributed by atoms with Gasteiger partial charge in [-0.15, -0.1) is 0 Å². The molecule has 0 bridgehead atoms. The predicted octanol–water partition coefficient (Wildman–Crippen LogP) is 2.40. The van der Waals surface area contributed by atoms with Gasteiger partial charge in [0.15, 0.2) is 6.61 Å². The van der Waals surface area contributed by atoms with E-state index >= 15 is 0 Å². The second-order valence-electron chi connectivity index (χ2n) is 7.73. The van der Waals surface area contributed by atoms with Crippen LogP contribution in [-0.4, -0.2) is 55.5 Å². The van der Waals surface area contributed by atoms with Crippen molar-refractivity contribution in [3.63, 3.8) is 0 Å². The summed E-state index contributed by atoms with van der Waals surface area (Å²) >= 11 is 0. The van der Waals surface area contributed by atoms with Gasteiger partial charge in [0.25, 0.3) is 11.8 Å². The number of nitrogens with zero attached hydrogens (tertiary/aromatic N) is 1. The first-order valence-corrected chi connectivity index (χ1v) is 10.5. The van der Waals surface area contributed by atoms with E-state index in [2.05, 4.69) is 5.32 Å². The highest BCUT2D eigenvalue weighted by atomic mass is 16.5. The quantitative estimate of drug-likeness (QED) is 0.708. The highest BCUT2D eigenvalue weighted by Gasteiger charge is 2.33. The van der Waals surface area contributed by atoms with Crippen molar-refractivity contribution in [1.29, 1.82) is 0 Å². The van der Waals surface area contributed by atoms with Crippen molar-refractivity contribution in [1.82, 2.24) is 10.2 Å². The van der Waals surface area contributed by atoms with Crippen LogP contribution in [0.15, 0.2) is 24.3 Å². The van der Waals surface area contributed by atoms with E-state index in [0.717, 1.165) is 25.4 Å². The van der Waals surface area contributed by atoms with Crippen LogP contribution in [-0.2, 0) is 14.3 Å².